The Balaban J connectivity index is 3.95. The summed E-state index contributed by atoms with van der Waals surface area (Å²) in [6, 6.07) is 0. The number of hydrogen-bond donors (Lipinski definition) is 0. The molecule has 1 unspecified atom stereocenters. The molecule has 0 aromatic heterocycles. The van der Waals surface area contributed by atoms with Gasteiger partial charge in [0.1, 0.15) is 5.78 Å². The number of rotatable bonds is 10. The van der Waals surface area contributed by atoms with Crippen molar-refractivity contribution in [2.75, 3.05) is 19.6 Å². The van der Waals surface area contributed by atoms with Crippen LogP contribution in [0.3, 0.4) is 0 Å². The summed E-state index contributed by atoms with van der Waals surface area (Å²) in [6.07, 6.45) is 5.58. The molecule has 0 aromatic rings. The van der Waals surface area contributed by atoms with E-state index in [0.717, 1.165) is 32.4 Å². The van der Waals surface area contributed by atoms with Crippen molar-refractivity contribution < 1.29 is 4.79 Å². The summed E-state index contributed by atoms with van der Waals surface area (Å²) in [7, 11) is 0. The van der Waals surface area contributed by atoms with E-state index in [0.29, 0.717) is 5.78 Å². The predicted octanol–water partition coefficient (Wildman–Crippen LogP) is 3.89. The molecule has 0 N–H and O–H groups in total. The smallest absolute Gasteiger partial charge is 0.135 e. The molecule has 0 aliphatic heterocycles. The topological polar surface area (TPSA) is 20.3 Å². The average Bonchev–Trinajstić information content (AvgIpc) is 2.29. The second-order valence-electron chi connectivity index (χ2n) is 5.35. The van der Waals surface area contributed by atoms with Crippen LogP contribution in [-0.4, -0.2) is 30.3 Å². The van der Waals surface area contributed by atoms with Crippen LogP contribution < -0.4 is 0 Å². The molecule has 17 heavy (non-hydrogen) atoms. The second kappa shape index (κ2) is 8.68. The molecular formula is C15H31NO. The molecule has 2 nitrogen and oxygen atoms in total. The lowest BCUT2D eigenvalue weighted by Gasteiger charge is -2.27. The van der Waals surface area contributed by atoms with E-state index in [1.54, 1.807) is 6.92 Å². The molecule has 0 rings (SSSR count). The largest absolute Gasteiger partial charge is 0.304 e. The Bertz CT molecular complexity index is 211. The fourth-order valence-corrected chi connectivity index (χ4v) is 2.42. The van der Waals surface area contributed by atoms with Crippen molar-refractivity contribution in [3.8, 4) is 0 Å². The lowest BCUT2D eigenvalue weighted by molar-refractivity contribution is -0.126. The second-order valence-corrected chi connectivity index (χ2v) is 5.35. The molecule has 102 valence electrons. The zero-order chi connectivity index (χ0) is 13.3. The number of ketones is 1. The van der Waals surface area contributed by atoms with E-state index in [1.807, 2.05) is 0 Å². The Kier molecular flexibility index (Phi) is 8.49. The van der Waals surface area contributed by atoms with Gasteiger partial charge in [-0.3, -0.25) is 4.79 Å². The lowest BCUT2D eigenvalue weighted by Crippen LogP contribution is -2.27. The van der Waals surface area contributed by atoms with Crippen molar-refractivity contribution in [3.05, 3.63) is 0 Å². The zero-order valence-electron chi connectivity index (χ0n) is 12.5. The first-order chi connectivity index (χ1) is 8.00. The minimum Gasteiger partial charge on any atom is -0.304 e. The van der Waals surface area contributed by atoms with Crippen LogP contribution in [0.25, 0.3) is 0 Å². The third-order valence-electron chi connectivity index (χ3n) is 4.00. The van der Waals surface area contributed by atoms with Gasteiger partial charge in [0.25, 0.3) is 0 Å². The molecule has 0 bridgehead atoms. The van der Waals surface area contributed by atoms with Gasteiger partial charge in [-0.25, -0.2) is 0 Å². The molecule has 0 fully saturated rings. The summed E-state index contributed by atoms with van der Waals surface area (Å²) in [6.45, 7) is 13.9. The Morgan fingerprint density at radius 1 is 1.06 bits per heavy atom. The maximum absolute atomic E-state index is 11.7. The molecular weight excluding hydrogens is 210 g/mol. The van der Waals surface area contributed by atoms with Crippen molar-refractivity contribution in [3.63, 3.8) is 0 Å². The third-order valence-corrected chi connectivity index (χ3v) is 4.00. The summed E-state index contributed by atoms with van der Waals surface area (Å²) in [5.74, 6) is 0.363. The van der Waals surface area contributed by atoms with Gasteiger partial charge in [-0.2, -0.15) is 0 Å². The van der Waals surface area contributed by atoms with Gasteiger partial charge in [0.2, 0.25) is 0 Å². The number of carbonyl (C=O) groups excluding carboxylic acids is 1. The van der Waals surface area contributed by atoms with Gasteiger partial charge < -0.3 is 4.90 Å². The Labute approximate surface area is 108 Å². The van der Waals surface area contributed by atoms with Gasteiger partial charge in [-0.05, 0) is 45.8 Å². The van der Waals surface area contributed by atoms with Crippen molar-refractivity contribution in [2.45, 2.75) is 66.7 Å². The monoisotopic (exact) mass is 241 g/mol. The number of hydrogen-bond acceptors (Lipinski definition) is 2. The number of Topliss-reactive ketones (excluding diaryl/α,β-unsaturated/α-hetero) is 1. The van der Waals surface area contributed by atoms with Gasteiger partial charge in [0.15, 0.2) is 0 Å². The molecule has 0 amide bonds. The van der Waals surface area contributed by atoms with Crippen LogP contribution in [0.1, 0.15) is 66.7 Å². The van der Waals surface area contributed by atoms with Gasteiger partial charge in [-0.15, -0.1) is 0 Å². The fraction of sp³-hybridized carbons (Fsp3) is 0.933. The maximum Gasteiger partial charge on any atom is 0.135 e. The molecule has 0 aliphatic rings. The van der Waals surface area contributed by atoms with Gasteiger partial charge >= 0.3 is 0 Å². The van der Waals surface area contributed by atoms with Crippen LogP contribution in [0.5, 0.6) is 0 Å². The molecule has 0 saturated carbocycles. The van der Waals surface area contributed by atoms with Crippen LogP contribution >= 0.6 is 0 Å². The normalized spacial score (nSPS) is 14.9. The first-order valence-electron chi connectivity index (χ1n) is 7.23. The molecule has 0 heterocycles. The van der Waals surface area contributed by atoms with E-state index in [9.17, 15) is 4.79 Å². The minimum atomic E-state index is -0.0714. The lowest BCUT2D eigenvalue weighted by atomic mass is 9.77. The average molecular weight is 241 g/mol. The highest BCUT2D eigenvalue weighted by atomic mass is 16.1. The highest BCUT2D eigenvalue weighted by Crippen LogP contribution is 2.30. The molecule has 0 spiro atoms. The molecule has 0 aliphatic carbocycles. The Hall–Kier alpha value is -0.370. The summed E-state index contributed by atoms with van der Waals surface area (Å²) in [4.78, 5) is 14.1. The van der Waals surface area contributed by atoms with E-state index in [-0.39, 0.29) is 5.41 Å². The maximum atomic E-state index is 11.7. The van der Waals surface area contributed by atoms with E-state index in [1.165, 1.54) is 19.4 Å². The van der Waals surface area contributed by atoms with Crippen molar-refractivity contribution in [1.29, 1.82) is 0 Å². The van der Waals surface area contributed by atoms with Crippen molar-refractivity contribution in [1.82, 2.24) is 4.90 Å². The standard InChI is InChI=1S/C15H31NO/c1-6-11-15(5,14(4)17)12-9-10-13-16(7-2)8-3/h6-13H2,1-5H3. The first kappa shape index (κ1) is 16.6. The van der Waals surface area contributed by atoms with Crippen LogP contribution in [0.2, 0.25) is 0 Å². The number of nitrogens with zero attached hydrogens (tertiary/aromatic N) is 1. The molecule has 2 heteroatoms. The van der Waals surface area contributed by atoms with Crippen LogP contribution in [0.4, 0.5) is 0 Å². The Morgan fingerprint density at radius 3 is 2.06 bits per heavy atom. The van der Waals surface area contributed by atoms with Gasteiger partial charge in [0.05, 0.1) is 0 Å². The molecule has 0 saturated heterocycles. The van der Waals surface area contributed by atoms with Gasteiger partial charge in [-0.1, -0.05) is 40.5 Å². The minimum absolute atomic E-state index is 0.0714. The van der Waals surface area contributed by atoms with Gasteiger partial charge in [0, 0.05) is 5.41 Å². The zero-order valence-corrected chi connectivity index (χ0v) is 12.5. The first-order valence-corrected chi connectivity index (χ1v) is 7.23. The number of unbranched alkanes of at least 4 members (excludes halogenated alkanes) is 1. The molecule has 0 aromatic carbocycles. The van der Waals surface area contributed by atoms with Crippen molar-refractivity contribution in [2.24, 2.45) is 5.41 Å². The third kappa shape index (κ3) is 6.21. The molecule has 1 atom stereocenters. The van der Waals surface area contributed by atoms with Crippen LogP contribution in [-0.2, 0) is 4.79 Å². The quantitative estimate of drug-likeness (QED) is 0.541. The van der Waals surface area contributed by atoms with E-state index in [2.05, 4.69) is 32.6 Å². The van der Waals surface area contributed by atoms with Crippen LogP contribution in [0, 0.1) is 5.41 Å². The Morgan fingerprint density at radius 2 is 1.65 bits per heavy atom. The van der Waals surface area contributed by atoms with Crippen molar-refractivity contribution >= 4 is 5.78 Å². The van der Waals surface area contributed by atoms with Crippen LogP contribution in [0.15, 0.2) is 0 Å². The van der Waals surface area contributed by atoms with E-state index < -0.39 is 0 Å². The highest BCUT2D eigenvalue weighted by Gasteiger charge is 2.27. The summed E-state index contributed by atoms with van der Waals surface area (Å²) < 4.78 is 0. The SMILES string of the molecule is CCCC(C)(CCCCN(CC)CC)C(C)=O. The number of carbonyl (C=O) groups is 1. The van der Waals surface area contributed by atoms with E-state index in [4.69, 9.17) is 0 Å². The highest BCUT2D eigenvalue weighted by molar-refractivity contribution is 5.81. The fourth-order valence-electron chi connectivity index (χ4n) is 2.42. The summed E-state index contributed by atoms with van der Waals surface area (Å²) in [5.41, 5.74) is -0.0714. The van der Waals surface area contributed by atoms with E-state index >= 15 is 0 Å². The predicted molar refractivity (Wildman–Crippen MR) is 75.3 cm³/mol. The summed E-state index contributed by atoms with van der Waals surface area (Å²) in [5, 5.41) is 0. The summed E-state index contributed by atoms with van der Waals surface area (Å²) >= 11 is 0. The molecule has 0 radical (unpaired) electrons.